The van der Waals surface area contributed by atoms with Crippen molar-refractivity contribution in [3.63, 3.8) is 0 Å². The largest absolute Gasteiger partial charge is 0.489 e. The minimum atomic E-state index is 0.0249. The molecule has 1 rings (SSSR count). The monoisotopic (exact) mass is 275 g/mol. The molecule has 0 radical (unpaired) electrons. The molecule has 0 bridgehead atoms. The first-order valence-electron chi connectivity index (χ1n) is 7.02. The first-order valence-corrected chi connectivity index (χ1v) is 7.02. The van der Waals surface area contributed by atoms with E-state index in [0.717, 1.165) is 18.3 Å². The summed E-state index contributed by atoms with van der Waals surface area (Å²) in [6.07, 6.45) is 1.83. The minimum absolute atomic E-state index is 0.0249. The van der Waals surface area contributed by atoms with E-state index in [1.165, 1.54) is 5.56 Å². The molecule has 0 fully saturated rings. The van der Waals surface area contributed by atoms with Gasteiger partial charge in [-0.1, -0.05) is 23.8 Å². The number of aliphatic imine (C=N–C) groups is 1. The van der Waals surface area contributed by atoms with Crippen LogP contribution in [0.25, 0.3) is 0 Å². The summed E-state index contributed by atoms with van der Waals surface area (Å²) in [6.45, 7) is 11.9. The molecule has 0 spiro atoms. The predicted octanol–water partition coefficient (Wildman–Crippen LogP) is 2.50. The molecule has 1 aromatic carbocycles. The van der Waals surface area contributed by atoms with Crippen molar-refractivity contribution in [3.8, 4) is 5.75 Å². The maximum absolute atomic E-state index is 5.82. The Hall–Kier alpha value is -1.97. The number of benzene rings is 1. The van der Waals surface area contributed by atoms with Crippen LogP contribution >= 0.6 is 0 Å². The standard InChI is InChI=1S/C16H25N3O/c1-5-11-18-16(17-6-2)19-12-14(4)20-15-9-7-13(3)8-10-15/h5,7-10,14H,1,6,11-12H2,2-4H3,(H2,17,18,19). The van der Waals surface area contributed by atoms with Crippen molar-refractivity contribution < 1.29 is 4.74 Å². The highest BCUT2D eigenvalue weighted by Gasteiger charge is 2.04. The van der Waals surface area contributed by atoms with Gasteiger partial charge in [-0.2, -0.15) is 0 Å². The summed E-state index contributed by atoms with van der Waals surface area (Å²) in [5.74, 6) is 1.66. The molecule has 0 aliphatic carbocycles. The van der Waals surface area contributed by atoms with Crippen LogP contribution in [0.15, 0.2) is 41.9 Å². The number of rotatable bonds is 7. The molecule has 0 saturated carbocycles. The fourth-order valence-corrected chi connectivity index (χ4v) is 1.62. The van der Waals surface area contributed by atoms with Crippen molar-refractivity contribution in [1.29, 1.82) is 0 Å². The molecule has 4 heteroatoms. The van der Waals surface area contributed by atoms with Gasteiger partial charge < -0.3 is 15.4 Å². The Balaban J connectivity index is 2.48. The van der Waals surface area contributed by atoms with Crippen LogP contribution in [0.5, 0.6) is 5.75 Å². The number of hydrogen-bond donors (Lipinski definition) is 2. The summed E-state index contributed by atoms with van der Waals surface area (Å²) in [5.41, 5.74) is 1.23. The molecule has 0 amide bonds. The number of nitrogens with one attached hydrogen (secondary N) is 2. The Labute approximate surface area is 121 Å². The van der Waals surface area contributed by atoms with E-state index in [1.54, 1.807) is 6.08 Å². The fourth-order valence-electron chi connectivity index (χ4n) is 1.62. The lowest BCUT2D eigenvalue weighted by atomic mass is 10.2. The SMILES string of the molecule is C=CCNC(=NCC(C)Oc1ccc(C)cc1)NCC. The Morgan fingerprint density at radius 2 is 2.05 bits per heavy atom. The van der Waals surface area contributed by atoms with E-state index in [-0.39, 0.29) is 6.10 Å². The number of guanidine groups is 1. The fraction of sp³-hybridized carbons (Fsp3) is 0.438. The van der Waals surface area contributed by atoms with Gasteiger partial charge in [0, 0.05) is 13.1 Å². The zero-order chi connectivity index (χ0) is 14.8. The smallest absolute Gasteiger partial charge is 0.191 e. The van der Waals surface area contributed by atoms with Crippen molar-refractivity contribution >= 4 is 5.96 Å². The van der Waals surface area contributed by atoms with E-state index in [1.807, 2.05) is 38.1 Å². The van der Waals surface area contributed by atoms with E-state index < -0.39 is 0 Å². The second-order valence-corrected chi connectivity index (χ2v) is 4.63. The lowest BCUT2D eigenvalue weighted by molar-refractivity contribution is 0.230. The minimum Gasteiger partial charge on any atom is -0.489 e. The molecule has 0 aliphatic heterocycles. The van der Waals surface area contributed by atoms with Crippen molar-refractivity contribution in [1.82, 2.24) is 10.6 Å². The quantitative estimate of drug-likeness (QED) is 0.456. The summed E-state index contributed by atoms with van der Waals surface area (Å²) >= 11 is 0. The summed E-state index contributed by atoms with van der Waals surface area (Å²) in [4.78, 5) is 4.49. The lowest BCUT2D eigenvalue weighted by Gasteiger charge is -2.14. The van der Waals surface area contributed by atoms with E-state index >= 15 is 0 Å². The van der Waals surface area contributed by atoms with Crippen LogP contribution in [-0.4, -0.2) is 31.7 Å². The van der Waals surface area contributed by atoms with Gasteiger partial charge in [0.1, 0.15) is 11.9 Å². The molecule has 1 aromatic rings. The van der Waals surface area contributed by atoms with Crippen molar-refractivity contribution in [3.05, 3.63) is 42.5 Å². The normalized spacial score (nSPS) is 12.7. The summed E-state index contributed by atoms with van der Waals surface area (Å²) < 4.78 is 5.82. The number of ether oxygens (including phenoxy) is 1. The van der Waals surface area contributed by atoms with Crippen LogP contribution in [0, 0.1) is 6.92 Å². The second-order valence-electron chi connectivity index (χ2n) is 4.63. The first kappa shape index (κ1) is 16.1. The molecule has 20 heavy (non-hydrogen) atoms. The summed E-state index contributed by atoms with van der Waals surface area (Å²) in [7, 11) is 0. The van der Waals surface area contributed by atoms with Crippen LogP contribution in [0.3, 0.4) is 0 Å². The van der Waals surface area contributed by atoms with Gasteiger partial charge in [-0.15, -0.1) is 6.58 Å². The lowest BCUT2D eigenvalue weighted by Crippen LogP contribution is -2.38. The zero-order valence-corrected chi connectivity index (χ0v) is 12.6. The van der Waals surface area contributed by atoms with Gasteiger partial charge >= 0.3 is 0 Å². The van der Waals surface area contributed by atoms with Gasteiger partial charge in [0.05, 0.1) is 6.54 Å². The van der Waals surface area contributed by atoms with Crippen molar-refractivity contribution in [2.24, 2.45) is 4.99 Å². The molecule has 1 atom stereocenters. The van der Waals surface area contributed by atoms with Gasteiger partial charge in [-0.3, -0.25) is 0 Å². The van der Waals surface area contributed by atoms with Crippen LogP contribution in [0.1, 0.15) is 19.4 Å². The Kier molecular flexibility index (Phi) is 7.25. The van der Waals surface area contributed by atoms with Crippen molar-refractivity contribution in [2.75, 3.05) is 19.6 Å². The van der Waals surface area contributed by atoms with E-state index in [9.17, 15) is 0 Å². The number of hydrogen-bond acceptors (Lipinski definition) is 2. The highest BCUT2D eigenvalue weighted by Crippen LogP contribution is 2.13. The molecule has 0 saturated heterocycles. The third-order valence-electron chi connectivity index (χ3n) is 2.62. The molecule has 0 aliphatic rings. The number of nitrogens with zero attached hydrogens (tertiary/aromatic N) is 1. The summed E-state index contributed by atoms with van der Waals surface area (Å²) in [5, 5.41) is 6.34. The second kappa shape index (κ2) is 9.02. The molecule has 1 unspecified atom stereocenters. The Bertz CT molecular complexity index is 426. The first-order chi connectivity index (χ1) is 9.65. The molecule has 4 nitrogen and oxygen atoms in total. The average Bonchev–Trinajstić information content (AvgIpc) is 2.44. The molecule has 0 aromatic heterocycles. The maximum atomic E-state index is 5.82. The van der Waals surface area contributed by atoms with Crippen LogP contribution in [-0.2, 0) is 0 Å². The van der Waals surface area contributed by atoms with Crippen LogP contribution < -0.4 is 15.4 Å². The van der Waals surface area contributed by atoms with Gasteiger partial charge in [0.2, 0.25) is 0 Å². The highest BCUT2D eigenvalue weighted by atomic mass is 16.5. The maximum Gasteiger partial charge on any atom is 0.191 e. The van der Waals surface area contributed by atoms with Gasteiger partial charge in [-0.05, 0) is 32.9 Å². The third kappa shape index (κ3) is 6.27. The topological polar surface area (TPSA) is 45.7 Å². The number of aryl methyl sites for hydroxylation is 1. The Morgan fingerprint density at radius 1 is 1.35 bits per heavy atom. The van der Waals surface area contributed by atoms with E-state index in [2.05, 4.69) is 29.1 Å². The molecular formula is C16H25N3O. The van der Waals surface area contributed by atoms with E-state index in [4.69, 9.17) is 4.74 Å². The van der Waals surface area contributed by atoms with Gasteiger partial charge in [-0.25, -0.2) is 4.99 Å². The third-order valence-corrected chi connectivity index (χ3v) is 2.62. The molecular weight excluding hydrogens is 250 g/mol. The van der Waals surface area contributed by atoms with E-state index in [0.29, 0.717) is 13.1 Å². The zero-order valence-electron chi connectivity index (χ0n) is 12.6. The summed E-state index contributed by atoms with van der Waals surface area (Å²) in [6, 6.07) is 8.05. The molecule has 0 heterocycles. The van der Waals surface area contributed by atoms with Gasteiger partial charge in [0.15, 0.2) is 5.96 Å². The highest BCUT2D eigenvalue weighted by molar-refractivity contribution is 5.79. The van der Waals surface area contributed by atoms with Crippen molar-refractivity contribution in [2.45, 2.75) is 26.9 Å². The van der Waals surface area contributed by atoms with Crippen LogP contribution in [0.2, 0.25) is 0 Å². The average molecular weight is 275 g/mol. The van der Waals surface area contributed by atoms with Gasteiger partial charge in [0.25, 0.3) is 0 Å². The molecule has 110 valence electrons. The Morgan fingerprint density at radius 3 is 2.65 bits per heavy atom. The van der Waals surface area contributed by atoms with Crippen LogP contribution in [0.4, 0.5) is 0 Å². The molecule has 2 N–H and O–H groups in total. The predicted molar refractivity (Wildman–Crippen MR) is 85.4 cm³/mol.